The Balaban J connectivity index is 1.73. The SMILES string of the molecule is O=C(O)c1ccc(C2CCCN(C(=O)c3cccnn3)C2)cc1. The van der Waals surface area contributed by atoms with Crippen LogP contribution in [0.15, 0.2) is 42.6 Å². The van der Waals surface area contributed by atoms with Crippen LogP contribution >= 0.6 is 0 Å². The first-order valence-electron chi connectivity index (χ1n) is 7.55. The van der Waals surface area contributed by atoms with E-state index < -0.39 is 5.97 Å². The van der Waals surface area contributed by atoms with Crippen LogP contribution in [0.1, 0.15) is 45.2 Å². The Kier molecular flexibility index (Phi) is 4.32. The zero-order valence-corrected chi connectivity index (χ0v) is 12.6. The molecule has 1 aromatic heterocycles. The molecule has 23 heavy (non-hydrogen) atoms. The lowest BCUT2D eigenvalue weighted by molar-refractivity contribution is 0.0691. The summed E-state index contributed by atoms with van der Waals surface area (Å²) in [4.78, 5) is 25.2. The minimum atomic E-state index is -0.931. The Morgan fingerprint density at radius 2 is 1.96 bits per heavy atom. The summed E-state index contributed by atoms with van der Waals surface area (Å²) in [6.07, 6.45) is 3.44. The number of carbonyl (C=O) groups excluding carboxylic acids is 1. The summed E-state index contributed by atoms with van der Waals surface area (Å²) in [7, 11) is 0. The molecule has 0 spiro atoms. The van der Waals surface area contributed by atoms with Crippen molar-refractivity contribution in [1.29, 1.82) is 0 Å². The third-order valence-corrected chi connectivity index (χ3v) is 4.13. The van der Waals surface area contributed by atoms with E-state index in [0.717, 1.165) is 18.4 Å². The highest BCUT2D eigenvalue weighted by molar-refractivity contribution is 5.92. The predicted molar refractivity (Wildman–Crippen MR) is 83.3 cm³/mol. The minimum Gasteiger partial charge on any atom is -0.478 e. The Labute approximate surface area is 133 Å². The van der Waals surface area contributed by atoms with Gasteiger partial charge in [-0.2, -0.15) is 5.10 Å². The lowest BCUT2D eigenvalue weighted by Gasteiger charge is -2.32. The van der Waals surface area contributed by atoms with Crippen molar-refractivity contribution in [1.82, 2.24) is 15.1 Å². The highest BCUT2D eigenvalue weighted by atomic mass is 16.4. The Hall–Kier alpha value is -2.76. The van der Waals surface area contributed by atoms with Gasteiger partial charge in [-0.3, -0.25) is 4.79 Å². The number of nitrogens with zero attached hydrogens (tertiary/aromatic N) is 3. The third kappa shape index (κ3) is 3.36. The third-order valence-electron chi connectivity index (χ3n) is 4.13. The Morgan fingerprint density at radius 3 is 2.61 bits per heavy atom. The molecule has 1 N–H and O–H groups in total. The zero-order chi connectivity index (χ0) is 16.2. The molecule has 1 amide bonds. The van der Waals surface area contributed by atoms with E-state index in [4.69, 9.17) is 5.11 Å². The monoisotopic (exact) mass is 311 g/mol. The highest BCUT2D eigenvalue weighted by Crippen LogP contribution is 2.27. The van der Waals surface area contributed by atoms with Gasteiger partial charge >= 0.3 is 5.97 Å². The number of aromatic nitrogens is 2. The van der Waals surface area contributed by atoms with E-state index >= 15 is 0 Å². The van der Waals surface area contributed by atoms with Crippen molar-refractivity contribution in [3.05, 3.63) is 59.4 Å². The summed E-state index contributed by atoms with van der Waals surface area (Å²) in [6.45, 7) is 1.32. The molecule has 0 bridgehead atoms. The second-order valence-corrected chi connectivity index (χ2v) is 5.63. The molecular weight excluding hydrogens is 294 g/mol. The van der Waals surface area contributed by atoms with Gasteiger partial charge in [-0.15, -0.1) is 5.10 Å². The van der Waals surface area contributed by atoms with Gasteiger partial charge in [-0.05, 0) is 42.7 Å². The van der Waals surface area contributed by atoms with Gasteiger partial charge in [0.15, 0.2) is 5.69 Å². The van der Waals surface area contributed by atoms with Crippen LogP contribution in [0, 0.1) is 0 Å². The van der Waals surface area contributed by atoms with Gasteiger partial charge < -0.3 is 10.0 Å². The molecule has 1 aromatic carbocycles. The van der Waals surface area contributed by atoms with Crippen LogP contribution < -0.4 is 0 Å². The largest absolute Gasteiger partial charge is 0.478 e. The van der Waals surface area contributed by atoms with E-state index in [1.54, 1.807) is 35.4 Å². The molecule has 118 valence electrons. The van der Waals surface area contributed by atoms with E-state index in [-0.39, 0.29) is 17.4 Å². The molecule has 3 rings (SSSR count). The van der Waals surface area contributed by atoms with E-state index in [2.05, 4.69) is 10.2 Å². The molecule has 1 aliphatic heterocycles. The van der Waals surface area contributed by atoms with Gasteiger partial charge in [0.2, 0.25) is 0 Å². The minimum absolute atomic E-state index is 0.107. The molecule has 0 radical (unpaired) electrons. The first-order chi connectivity index (χ1) is 11.1. The molecule has 1 fully saturated rings. The number of aromatic carboxylic acids is 1. The van der Waals surface area contributed by atoms with Crippen molar-refractivity contribution >= 4 is 11.9 Å². The average Bonchev–Trinajstić information content (AvgIpc) is 2.62. The molecule has 0 saturated carbocycles. The second kappa shape index (κ2) is 6.56. The van der Waals surface area contributed by atoms with Crippen LogP contribution in [-0.2, 0) is 0 Å². The van der Waals surface area contributed by atoms with Crippen molar-refractivity contribution in [2.24, 2.45) is 0 Å². The van der Waals surface area contributed by atoms with Crippen molar-refractivity contribution in [3.8, 4) is 0 Å². The molecule has 1 atom stereocenters. The van der Waals surface area contributed by atoms with Gasteiger partial charge in [0, 0.05) is 25.2 Å². The molecule has 1 aliphatic rings. The molecule has 1 saturated heterocycles. The summed E-state index contributed by atoms with van der Waals surface area (Å²) in [5.41, 5.74) is 1.69. The normalized spacial score (nSPS) is 17.7. The number of carboxylic acid groups (broad SMARTS) is 1. The number of rotatable bonds is 3. The second-order valence-electron chi connectivity index (χ2n) is 5.63. The quantitative estimate of drug-likeness (QED) is 0.939. The van der Waals surface area contributed by atoms with E-state index in [1.807, 2.05) is 12.1 Å². The Morgan fingerprint density at radius 1 is 1.17 bits per heavy atom. The molecule has 6 nitrogen and oxygen atoms in total. The number of piperidine rings is 1. The summed E-state index contributed by atoms with van der Waals surface area (Å²) >= 11 is 0. The van der Waals surface area contributed by atoms with Crippen LogP contribution in [0.3, 0.4) is 0 Å². The number of carboxylic acids is 1. The molecular formula is C17H17N3O3. The molecule has 0 aliphatic carbocycles. The van der Waals surface area contributed by atoms with E-state index in [0.29, 0.717) is 18.8 Å². The Bertz CT molecular complexity index is 701. The molecule has 6 heteroatoms. The first-order valence-corrected chi connectivity index (χ1v) is 7.55. The topological polar surface area (TPSA) is 83.4 Å². The maximum absolute atomic E-state index is 12.5. The fraction of sp³-hybridized carbons (Fsp3) is 0.294. The van der Waals surface area contributed by atoms with Crippen molar-refractivity contribution in [2.45, 2.75) is 18.8 Å². The fourth-order valence-corrected chi connectivity index (χ4v) is 2.91. The number of hydrogen-bond acceptors (Lipinski definition) is 4. The standard InChI is InChI=1S/C17H17N3O3/c21-16(15-4-1-9-18-19-15)20-10-2-3-14(11-20)12-5-7-13(8-6-12)17(22)23/h1,4-9,14H,2-3,10-11H2,(H,22,23). The molecule has 2 aromatic rings. The van der Waals surface area contributed by atoms with Crippen LogP contribution in [0.25, 0.3) is 0 Å². The maximum Gasteiger partial charge on any atom is 0.335 e. The van der Waals surface area contributed by atoms with Gasteiger partial charge in [0.25, 0.3) is 5.91 Å². The lowest BCUT2D eigenvalue weighted by atomic mass is 9.90. The van der Waals surface area contributed by atoms with Gasteiger partial charge in [-0.1, -0.05) is 12.1 Å². The van der Waals surface area contributed by atoms with Gasteiger partial charge in [-0.25, -0.2) is 4.79 Å². The predicted octanol–water partition coefficient (Wildman–Crippen LogP) is 2.19. The van der Waals surface area contributed by atoms with Gasteiger partial charge in [0.1, 0.15) is 0 Å². The summed E-state index contributed by atoms with van der Waals surface area (Å²) in [5, 5.41) is 16.6. The number of likely N-dealkylation sites (tertiary alicyclic amines) is 1. The zero-order valence-electron chi connectivity index (χ0n) is 12.6. The summed E-state index contributed by atoms with van der Waals surface area (Å²) < 4.78 is 0. The van der Waals surface area contributed by atoms with Crippen LogP contribution in [0.5, 0.6) is 0 Å². The van der Waals surface area contributed by atoms with Crippen molar-refractivity contribution in [3.63, 3.8) is 0 Å². The van der Waals surface area contributed by atoms with Gasteiger partial charge in [0.05, 0.1) is 5.56 Å². The van der Waals surface area contributed by atoms with E-state index in [9.17, 15) is 9.59 Å². The van der Waals surface area contributed by atoms with Crippen LogP contribution in [0.4, 0.5) is 0 Å². The van der Waals surface area contributed by atoms with Crippen molar-refractivity contribution < 1.29 is 14.7 Å². The summed E-state index contributed by atoms with van der Waals surface area (Å²) in [5.74, 6) is -0.822. The number of carbonyl (C=O) groups is 2. The fourth-order valence-electron chi connectivity index (χ4n) is 2.91. The average molecular weight is 311 g/mol. The first kappa shape index (κ1) is 15.1. The number of benzene rings is 1. The van der Waals surface area contributed by atoms with Crippen LogP contribution in [-0.4, -0.2) is 45.2 Å². The maximum atomic E-state index is 12.5. The number of hydrogen-bond donors (Lipinski definition) is 1. The van der Waals surface area contributed by atoms with E-state index in [1.165, 1.54) is 0 Å². The van der Waals surface area contributed by atoms with Crippen LogP contribution in [0.2, 0.25) is 0 Å². The smallest absolute Gasteiger partial charge is 0.335 e. The van der Waals surface area contributed by atoms with Crippen molar-refractivity contribution in [2.75, 3.05) is 13.1 Å². The lowest BCUT2D eigenvalue weighted by Crippen LogP contribution is -2.39. The summed E-state index contributed by atoms with van der Waals surface area (Å²) in [6, 6.07) is 10.3. The molecule has 1 unspecified atom stereocenters. The number of amides is 1. The highest BCUT2D eigenvalue weighted by Gasteiger charge is 2.26. The molecule has 2 heterocycles.